The van der Waals surface area contributed by atoms with Crippen LogP contribution in [-0.4, -0.2) is 46.0 Å². The average molecular weight is 282 g/mol. The van der Waals surface area contributed by atoms with Gasteiger partial charge in [-0.3, -0.25) is 0 Å². The van der Waals surface area contributed by atoms with E-state index in [0.717, 1.165) is 25.9 Å². The van der Waals surface area contributed by atoms with Crippen LogP contribution in [0.1, 0.15) is 33.6 Å². The third-order valence-corrected chi connectivity index (χ3v) is 2.99. The normalized spacial score (nSPS) is 17.1. The summed E-state index contributed by atoms with van der Waals surface area (Å²) >= 11 is 0. The molecule has 8 nitrogen and oxygen atoms in total. The number of aromatic nitrogens is 3. The number of anilines is 2. The topological polar surface area (TPSA) is 109 Å². The van der Waals surface area contributed by atoms with Gasteiger partial charge in [0.1, 0.15) is 5.60 Å². The van der Waals surface area contributed by atoms with E-state index >= 15 is 0 Å². The third-order valence-electron chi connectivity index (χ3n) is 2.99. The Morgan fingerprint density at radius 1 is 1.45 bits per heavy atom. The van der Waals surface area contributed by atoms with Crippen molar-refractivity contribution in [2.45, 2.75) is 45.3 Å². The Balaban J connectivity index is 1.78. The Kier molecular flexibility index (Phi) is 4.01. The van der Waals surface area contributed by atoms with E-state index in [1.54, 1.807) is 0 Å². The lowest BCUT2D eigenvalue weighted by Gasteiger charge is -2.32. The smallest absolute Gasteiger partial charge is 0.407 e. The van der Waals surface area contributed by atoms with E-state index in [9.17, 15) is 4.79 Å². The van der Waals surface area contributed by atoms with Crippen molar-refractivity contribution < 1.29 is 9.53 Å². The lowest BCUT2D eigenvalue weighted by Crippen LogP contribution is -2.46. The fourth-order valence-corrected chi connectivity index (χ4v) is 2.10. The van der Waals surface area contributed by atoms with Gasteiger partial charge in [-0.05, 0) is 33.6 Å². The Labute approximate surface area is 118 Å². The first-order valence-electron chi connectivity index (χ1n) is 6.76. The van der Waals surface area contributed by atoms with Crippen LogP contribution in [0.4, 0.5) is 16.7 Å². The second-order valence-electron chi connectivity index (χ2n) is 5.93. The highest BCUT2D eigenvalue weighted by molar-refractivity contribution is 5.68. The van der Waals surface area contributed by atoms with Crippen molar-refractivity contribution in [2.75, 3.05) is 23.7 Å². The molecule has 4 N–H and O–H groups in total. The summed E-state index contributed by atoms with van der Waals surface area (Å²) in [4.78, 5) is 17.8. The van der Waals surface area contributed by atoms with Gasteiger partial charge in [0.25, 0.3) is 0 Å². The number of aromatic amines is 1. The van der Waals surface area contributed by atoms with Crippen molar-refractivity contribution in [1.29, 1.82) is 0 Å². The van der Waals surface area contributed by atoms with E-state index in [0.29, 0.717) is 11.9 Å². The van der Waals surface area contributed by atoms with Gasteiger partial charge < -0.3 is 20.7 Å². The fourth-order valence-electron chi connectivity index (χ4n) is 2.10. The summed E-state index contributed by atoms with van der Waals surface area (Å²) in [6.45, 7) is 7.10. The molecular weight excluding hydrogens is 260 g/mol. The molecular formula is C12H22N6O2. The van der Waals surface area contributed by atoms with Gasteiger partial charge in [0.2, 0.25) is 11.9 Å². The maximum Gasteiger partial charge on any atom is 0.407 e. The number of nitrogen functional groups attached to an aromatic ring is 1. The summed E-state index contributed by atoms with van der Waals surface area (Å²) in [6, 6.07) is 0.123. The van der Waals surface area contributed by atoms with Crippen molar-refractivity contribution in [3.05, 3.63) is 0 Å². The number of ether oxygens (including phenoxy) is 1. The molecule has 1 saturated heterocycles. The molecule has 0 aromatic carbocycles. The molecule has 0 atom stereocenters. The number of nitrogens with two attached hydrogens (primary N) is 1. The first-order chi connectivity index (χ1) is 9.33. The minimum Gasteiger partial charge on any atom is -0.444 e. The van der Waals surface area contributed by atoms with E-state index in [1.807, 2.05) is 25.7 Å². The van der Waals surface area contributed by atoms with Crippen LogP contribution >= 0.6 is 0 Å². The van der Waals surface area contributed by atoms with E-state index in [4.69, 9.17) is 10.5 Å². The maximum atomic E-state index is 11.7. The highest BCUT2D eigenvalue weighted by Gasteiger charge is 2.24. The summed E-state index contributed by atoms with van der Waals surface area (Å²) < 4.78 is 5.25. The number of alkyl carbamates (subject to hydrolysis) is 1. The Hall–Kier alpha value is -1.99. The number of carbonyl (C=O) groups is 1. The second-order valence-corrected chi connectivity index (χ2v) is 5.93. The minimum atomic E-state index is -0.471. The molecule has 2 rings (SSSR count). The number of nitrogens with zero attached hydrogens (tertiary/aromatic N) is 3. The van der Waals surface area contributed by atoms with Crippen LogP contribution in [0.25, 0.3) is 0 Å². The van der Waals surface area contributed by atoms with Crippen LogP contribution in [0.5, 0.6) is 0 Å². The molecule has 8 heteroatoms. The highest BCUT2D eigenvalue weighted by atomic mass is 16.6. The molecule has 0 unspecified atom stereocenters. The van der Waals surface area contributed by atoms with Crippen molar-refractivity contribution >= 4 is 18.0 Å². The number of nitrogens with one attached hydrogen (secondary N) is 2. The molecule has 112 valence electrons. The maximum absolute atomic E-state index is 11.7. The zero-order chi connectivity index (χ0) is 14.8. The molecule has 2 heterocycles. The van der Waals surface area contributed by atoms with E-state index < -0.39 is 5.60 Å². The molecule has 0 bridgehead atoms. The molecule has 1 amide bonds. The predicted octanol–water partition coefficient (Wildman–Crippen LogP) is 0.880. The molecule has 1 aromatic rings. The zero-order valence-electron chi connectivity index (χ0n) is 12.1. The van der Waals surface area contributed by atoms with Crippen LogP contribution < -0.4 is 16.0 Å². The average Bonchev–Trinajstić information content (AvgIpc) is 2.74. The first kappa shape index (κ1) is 14.4. The third kappa shape index (κ3) is 4.01. The Bertz CT molecular complexity index is 459. The predicted molar refractivity (Wildman–Crippen MR) is 75.4 cm³/mol. The molecule has 20 heavy (non-hydrogen) atoms. The van der Waals surface area contributed by atoms with Crippen LogP contribution in [-0.2, 0) is 4.74 Å². The van der Waals surface area contributed by atoms with E-state index in [2.05, 4.69) is 20.5 Å². The Morgan fingerprint density at radius 3 is 2.60 bits per heavy atom. The number of H-pyrrole nitrogens is 1. The molecule has 0 spiro atoms. The number of hydrogen-bond acceptors (Lipinski definition) is 6. The molecule has 1 aliphatic heterocycles. The Morgan fingerprint density at radius 2 is 2.10 bits per heavy atom. The van der Waals surface area contributed by atoms with Crippen molar-refractivity contribution in [3.8, 4) is 0 Å². The first-order valence-corrected chi connectivity index (χ1v) is 6.76. The van der Waals surface area contributed by atoms with Gasteiger partial charge in [-0.1, -0.05) is 0 Å². The number of carbonyl (C=O) groups excluding carboxylic acids is 1. The summed E-state index contributed by atoms with van der Waals surface area (Å²) in [5, 5.41) is 9.54. The summed E-state index contributed by atoms with van der Waals surface area (Å²) in [5.41, 5.74) is 5.04. The largest absolute Gasteiger partial charge is 0.444 e. The van der Waals surface area contributed by atoms with Gasteiger partial charge in [0.15, 0.2) is 0 Å². The number of piperidine rings is 1. The van der Waals surface area contributed by atoms with Gasteiger partial charge in [0, 0.05) is 19.1 Å². The standard InChI is InChI=1S/C12H22N6O2/c1-12(2,3)20-11(19)14-8-4-6-18(7-5-8)10-15-9(13)16-17-10/h8H,4-7H2,1-3H3,(H,14,19)(H3,13,15,16,17). The minimum absolute atomic E-state index is 0.123. The lowest BCUT2D eigenvalue weighted by molar-refractivity contribution is 0.0497. The monoisotopic (exact) mass is 282 g/mol. The van der Waals surface area contributed by atoms with Crippen LogP contribution in [0.15, 0.2) is 0 Å². The number of amides is 1. The van der Waals surface area contributed by atoms with Gasteiger partial charge in [-0.25, -0.2) is 9.89 Å². The van der Waals surface area contributed by atoms with Gasteiger partial charge >= 0.3 is 6.09 Å². The highest BCUT2D eigenvalue weighted by Crippen LogP contribution is 2.17. The fraction of sp³-hybridized carbons (Fsp3) is 0.750. The number of rotatable bonds is 2. The van der Waals surface area contributed by atoms with Gasteiger partial charge in [0.05, 0.1) is 0 Å². The van der Waals surface area contributed by atoms with Crippen molar-refractivity contribution in [3.63, 3.8) is 0 Å². The summed E-state index contributed by atoms with van der Waals surface area (Å²) in [7, 11) is 0. The molecule has 1 fully saturated rings. The quantitative estimate of drug-likeness (QED) is 0.743. The molecule has 1 aliphatic rings. The van der Waals surface area contributed by atoms with E-state index in [1.165, 1.54) is 0 Å². The number of hydrogen-bond donors (Lipinski definition) is 3. The van der Waals surface area contributed by atoms with Crippen molar-refractivity contribution in [2.24, 2.45) is 0 Å². The molecule has 0 aliphatic carbocycles. The molecule has 0 radical (unpaired) electrons. The summed E-state index contributed by atoms with van der Waals surface area (Å²) in [5.74, 6) is 0.923. The molecule has 1 aromatic heterocycles. The van der Waals surface area contributed by atoms with Crippen LogP contribution in [0, 0.1) is 0 Å². The summed E-state index contributed by atoms with van der Waals surface area (Å²) in [6.07, 6.45) is 1.29. The van der Waals surface area contributed by atoms with Crippen LogP contribution in [0.3, 0.4) is 0 Å². The van der Waals surface area contributed by atoms with Crippen molar-refractivity contribution in [1.82, 2.24) is 20.5 Å². The van der Waals surface area contributed by atoms with E-state index in [-0.39, 0.29) is 12.1 Å². The lowest BCUT2D eigenvalue weighted by atomic mass is 10.1. The second kappa shape index (κ2) is 5.56. The zero-order valence-corrected chi connectivity index (χ0v) is 12.1. The van der Waals surface area contributed by atoms with Crippen LogP contribution in [0.2, 0.25) is 0 Å². The molecule has 0 saturated carbocycles. The van der Waals surface area contributed by atoms with Gasteiger partial charge in [-0.2, -0.15) is 4.98 Å². The SMILES string of the molecule is CC(C)(C)OC(=O)NC1CCN(c2n[nH]c(N)n2)CC1. The van der Waals surface area contributed by atoms with Gasteiger partial charge in [-0.15, -0.1) is 5.10 Å².